The Morgan fingerprint density at radius 1 is 0.642 bits per heavy atom. The van der Waals surface area contributed by atoms with Crippen molar-refractivity contribution >= 4 is 63.1 Å². The number of hydrogen-bond donors (Lipinski definition) is 1. The van der Waals surface area contributed by atoms with Crippen LogP contribution in [0.15, 0.2) is 113 Å². The molecule has 0 atom stereocenters. The first-order valence-corrected chi connectivity index (χ1v) is 21.2. The van der Waals surface area contributed by atoms with Crippen molar-refractivity contribution in [3.05, 3.63) is 129 Å². The first-order valence-electron chi connectivity index (χ1n) is 18.7. The maximum Gasteiger partial charge on any atom is 0.346 e. The molecule has 0 spiro atoms. The van der Waals surface area contributed by atoms with Crippen molar-refractivity contribution in [3.63, 3.8) is 0 Å². The van der Waals surface area contributed by atoms with Crippen LogP contribution in [0.5, 0.6) is 0 Å². The van der Waals surface area contributed by atoms with Crippen LogP contribution in [-0.2, 0) is 17.6 Å². The average Bonchev–Trinajstić information content (AvgIpc) is 3.97. The van der Waals surface area contributed by atoms with E-state index in [9.17, 15) is 15.2 Å². The Kier molecular flexibility index (Phi) is 13.5. The van der Waals surface area contributed by atoms with Crippen LogP contribution in [0.4, 0.5) is 17.1 Å². The molecular weight excluding hydrogens is 709 g/mol. The Morgan fingerprint density at radius 3 is 1.51 bits per heavy atom. The summed E-state index contributed by atoms with van der Waals surface area (Å²) in [4.78, 5) is 18.0. The van der Waals surface area contributed by atoms with Gasteiger partial charge in [-0.25, -0.2) is 4.79 Å². The van der Waals surface area contributed by atoms with Crippen LogP contribution in [0.3, 0.4) is 0 Å². The quantitative estimate of drug-likeness (QED) is 0.0539. The number of unbranched alkanes of at least 4 members (excludes halogenated alkanes) is 6. The van der Waals surface area contributed by atoms with Crippen LogP contribution in [0.2, 0.25) is 0 Å². The minimum Gasteiger partial charge on any atom is -0.477 e. The fourth-order valence-corrected chi connectivity index (χ4v) is 9.34. The van der Waals surface area contributed by atoms with Crippen LogP contribution in [-0.4, -0.2) is 11.1 Å². The third kappa shape index (κ3) is 10.0. The van der Waals surface area contributed by atoms with Crippen LogP contribution >= 0.6 is 34.0 Å². The van der Waals surface area contributed by atoms with Gasteiger partial charge >= 0.3 is 5.97 Å². The number of hydrogen-bond acceptors (Lipinski definition) is 6. The molecule has 3 aromatic carbocycles. The maximum atomic E-state index is 11.3. The standard InChI is InChI=1S/C46H46N2O2S3/c1-3-5-7-9-11-33-27-44(51-31-33)36-15-21-40(22-16-36)48(41-23-17-37(18-24-41)45-28-34(32-52-45)12-10-8-6-4-2)39-19-13-35(14-20-39)43-26-25-42(53-43)29-38(30-47)46(49)50/h13-29,31-32H,3-12H2,1-2H3,(H,49,50)/b38-29-. The van der Waals surface area contributed by atoms with Gasteiger partial charge in [0.25, 0.3) is 0 Å². The molecule has 0 saturated heterocycles. The second-order valence-electron chi connectivity index (χ2n) is 13.4. The van der Waals surface area contributed by atoms with Crippen molar-refractivity contribution in [2.75, 3.05) is 4.90 Å². The number of thiophene rings is 3. The number of nitrogens with zero attached hydrogens (tertiary/aromatic N) is 2. The molecule has 0 fully saturated rings. The molecule has 3 aromatic heterocycles. The van der Waals surface area contributed by atoms with Gasteiger partial charge in [-0.15, -0.1) is 34.0 Å². The second kappa shape index (κ2) is 18.8. The molecule has 0 saturated carbocycles. The molecular formula is C46H46N2O2S3. The van der Waals surface area contributed by atoms with E-state index in [1.54, 1.807) is 6.07 Å². The van der Waals surface area contributed by atoms with Gasteiger partial charge < -0.3 is 10.0 Å². The lowest BCUT2D eigenvalue weighted by Gasteiger charge is -2.26. The van der Waals surface area contributed by atoms with Gasteiger partial charge in [-0.1, -0.05) is 88.8 Å². The van der Waals surface area contributed by atoms with Crippen molar-refractivity contribution < 1.29 is 9.90 Å². The molecule has 7 heteroatoms. The van der Waals surface area contributed by atoms with Crippen molar-refractivity contribution in [3.8, 4) is 37.4 Å². The predicted octanol–water partition coefficient (Wildman–Crippen LogP) is 14.6. The lowest BCUT2D eigenvalue weighted by molar-refractivity contribution is -0.132. The molecule has 6 aromatic rings. The molecule has 53 heavy (non-hydrogen) atoms. The summed E-state index contributed by atoms with van der Waals surface area (Å²) in [6.45, 7) is 4.51. The monoisotopic (exact) mass is 754 g/mol. The molecule has 0 aliphatic rings. The number of aryl methyl sites for hydroxylation is 2. The SMILES string of the molecule is CCCCCCc1csc(-c2ccc(N(c3ccc(-c4cc(CCCCCC)cs4)cc3)c3ccc(-c4ccc(/C=C(/C#N)C(=O)O)s4)cc3)cc2)c1. The van der Waals surface area contributed by atoms with Crippen molar-refractivity contribution in [1.29, 1.82) is 5.26 Å². The Hall–Kier alpha value is -4.74. The summed E-state index contributed by atoms with van der Waals surface area (Å²) < 4.78 is 0. The topological polar surface area (TPSA) is 64.3 Å². The van der Waals surface area contributed by atoms with Crippen LogP contribution in [0, 0.1) is 11.3 Å². The number of carbonyl (C=O) groups is 1. The summed E-state index contributed by atoms with van der Waals surface area (Å²) in [5.41, 5.74) is 9.30. The van der Waals surface area contributed by atoms with E-state index in [2.05, 4.69) is 114 Å². The van der Waals surface area contributed by atoms with Crippen molar-refractivity contribution in [2.45, 2.75) is 78.1 Å². The van der Waals surface area contributed by atoms with Crippen LogP contribution in [0.25, 0.3) is 37.4 Å². The average molecular weight is 755 g/mol. The normalized spacial score (nSPS) is 11.5. The number of rotatable bonds is 18. The zero-order valence-corrected chi connectivity index (χ0v) is 33.0. The van der Waals surface area contributed by atoms with Gasteiger partial charge in [0.15, 0.2) is 0 Å². The first-order chi connectivity index (χ1) is 25.9. The fourth-order valence-electron chi connectivity index (χ4n) is 6.47. The van der Waals surface area contributed by atoms with Crippen molar-refractivity contribution in [2.24, 2.45) is 0 Å². The van der Waals surface area contributed by atoms with E-state index in [1.807, 2.05) is 34.8 Å². The van der Waals surface area contributed by atoms with E-state index in [-0.39, 0.29) is 5.57 Å². The lowest BCUT2D eigenvalue weighted by Crippen LogP contribution is -2.09. The highest BCUT2D eigenvalue weighted by molar-refractivity contribution is 7.16. The number of anilines is 3. The Balaban J connectivity index is 1.26. The highest BCUT2D eigenvalue weighted by Gasteiger charge is 2.15. The molecule has 0 aliphatic heterocycles. The zero-order valence-electron chi connectivity index (χ0n) is 30.5. The summed E-state index contributed by atoms with van der Waals surface area (Å²) in [6.07, 6.45) is 13.9. The van der Waals surface area contributed by atoms with Gasteiger partial charge in [-0.05, 0) is 131 Å². The fraction of sp³-hybridized carbons (Fsp3) is 0.261. The molecule has 270 valence electrons. The molecule has 4 nitrogen and oxygen atoms in total. The third-order valence-corrected chi connectivity index (χ3v) is 12.6. The van der Waals surface area contributed by atoms with Gasteiger partial charge in [-0.3, -0.25) is 0 Å². The Bertz CT molecular complexity index is 2050. The molecule has 1 N–H and O–H groups in total. The lowest BCUT2D eigenvalue weighted by atomic mass is 10.1. The Morgan fingerprint density at radius 2 is 1.09 bits per heavy atom. The summed E-state index contributed by atoms with van der Waals surface area (Å²) >= 11 is 5.12. The third-order valence-electron chi connectivity index (χ3n) is 9.44. The largest absolute Gasteiger partial charge is 0.477 e. The smallest absolute Gasteiger partial charge is 0.346 e. The first kappa shape index (κ1) is 38.0. The molecule has 3 heterocycles. The van der Waals surface area contributed by atoms with Gasteiger partial charge in [0.1, 0.15) is 11.6 Å². The van der Waals surface area contributed by atoms with E-state index >= 15 is 0 Å². The van der Waals surface area contributed by atoms with Gasteiger partial charge in [-0.2, -0.15) is 5.26 Å². The predicted molar refractivity (Wildman–Crippen MR) is 228 cm³/mol. The molecule has 0 radical (unpaired) electrons. The number of carboxylic acid groups (broad SMARTS) is 1. The van der Waals surface area contributed by atoms with Gasteiger partial charge in [0, 0.05) is 36.6 Å². The van der Waals surface area contributed by atoms with Gasteiger partial charge in [0.2, 0.25) is 0 Å². The minimum atomic E-state index is -1.22. The minimum absolute atomic E-state index is 0.273. The Labute approximate surface area is 326 Å². The van der Waals surface area contributed by atoms with E-state index < -0.39 is 5.97 Å². The highest BCUT2D eigenvalue weighted by Crippen LogP contribution is 2.40. The van der Waals surface area contributed by atoms with Crippen molar-refractivity contribution in [1.82, 2.24) is 0 Å². The van der Waals surface area contributed by atoms with E-state index in [1.165, 1.54) is 101 Å². The summed E-state index contributed by atoms with van der Waals surface area (Å²) in [5.74, 6) is -1.22. The number of nitriles is 1. The molecule has 0 unspecified atom stereocenters. The van der Waals surface area contributed by atoms with Crippen LogP contribution in [0.1, 0.15) is 81.2 Å². The van der Waals surface area contributed by atoms with Gasteiger partial charge in [0.05, 0.1) is 0 Å². The van der Waals surface area contributed by atoms with E-state index in [4.69, 9.17) is 0 Å². The number of benzene rings is 3. The summed E-state index contributed by atoms with van der Waals surface area (Å²) in [6, 6.07) is 36.6. The molecule has 0 bridgehead atoms. The van der Waals surface area contributed by atoms with Crippen LogP contribution < -0.4 is 4.90 Å². The zero-order chi connectivity index (χ0) is 37.0. The molecule has 6 rings (SSSR count). The highest BCUT2D eigenvalue weighted by atomic mass is 32.1. The maximum absolute atomic E-state index is 11.3. The number of carboxylic acids is 1. The molecule has 0 aliphatic carbocycles. The summed E-state index contributed by atoms with van der Waals surface area (Å²) in [5, 5.41) is 23.1. The van der Waals surface area contributed by atoms with E-state index in [0.29, 0.717) is 0 Å². The summed E-state index contributed by atoms with van der Waals surface area (Å²) in [7, 11) is 0. The second-order valence-corrected chi connectivity index (χ2v) is 16.4. The molecule has 0 amide bonds. The number of aliphatic carboxylic acids is 1. The van der Waals surface area contributed by atoms with E-state index in [0.717, 1.165) is 45.2 Å².